The molecule has 2 nitrogen and oxygen atoms in total. The number of hydrogen-bond acceptors (Lipinski definition) is 2. The number of rotatable bonds is 4. The Balaban J connectivity index is 1.93. The summed E-state index contributed by atoms with van der Waals surface area (Å²) < 4.78 is 0. The molecule has 0 aliphatic rings. The van der Waals surface area contributed by atoms with Gasteiger partial charge in [0.1, 0.15) is 0 Å². The van der Waals surface area contributed by atoms with Gasteiger partial charge in [-0.2, -0.15) is 0 Å². The van der Waals surface area contributed by atoms with Crippen LogP contribution in [0.25, 0.3) is 0 Å². The van der Waals surface area contributed by atoms with Crippen molar-refractivity contribution in [3.63, 3.8) is 0 Å². The molecule has 0 unspecified atom stereocenters. The molecule has 0 atom stereocenters. The lowest BCUT2D eigenvalue weighted by Gasteiger charge is -2.16. The topological polar surface area (TPSA) is 20.3 Å². The Morgan fingerprint density at radius 3 is 2.32 bits per heavy atom. The molecular formula is C16H17NOS. The Hall–Kier alpha value is -1.74. The monoisotopic (exact) mass is 271 g/mol. The molecule has 0 aliphatic heterocycles. The maximum atomic E-state index is 12.1. The molecule has 0 saturated heterocycles. The summed E-state index contributed by atoms with van der Waals surface area (Å²) in [7, 11) is 1.81. The zero-order chi connectivity index (χ0) is 13.7. The average molecular weight is 271 g/mol. The number of aryl methyl sites for hydroxylation is 1. The Bertz CT molecular complexity index is 536. The average Bonchev–Trinajstić information content (AvgIpc) is 2.46. The van der Waals surface area contributed by atoms with Crippen molar-refractivity contribution in [3.8, 4) is 0 Å². The first-order valence-corrected chi connectivity index (χ1v) is 7.16. The van der Waals surface area contributed by atoms with Crippen LogP contribution in [-0.2, 0) is 4.79 Å². The van der Waals surface area contributed by atoms with Gasteiger partial charge in [-0.3, -0.25) is 4.79 Å². The number of carbonyl (C=O) groups excluding carboxylic acids is 1. The van der Waals surface area contributed by atoms with Crippen molar-refractivity contribution in [1.29, 1.82) is 0 Å². The van der Waals surface area contributed by atoms with E-state index in [4.69, 9.17) is 0 Å². The third kappa shape index (κ3) is 3.86. The minimum Gasteiger partial charge on any atom is -0.315 e. The quantitative estimate of drug-likeness (QED) is 0.789. The van der Waals surface area contributed by atoms with E-state index in [-0.39, 0.29) is 5.91 Å². The van der Waals surface area contributed by atoms with Crippen molar-refractivity contribution in [2.75, 3.05) is 17.7 Å². The van der Waals surface area contributed by atoms with Crippen LogP contribution in [0.5, 0.6) is 0 Å². The van der Waals surface area contributed by atoms with Crippen LogP contribution >= 0.6 is 11.8 Å². The van der Waals surface area contributed by atoms with Crippen molar-refractivity contribution in [2.45, 2.75) is 11.8 Å². The van der Waals surface area contributed by atoms with E-state index in [1.807, 2.05) is 37.4 Å². The molecule has 2 aromatic rings. The molecule has 0 radical (unpaired) electrons. The first kappa shape index (κ1) is 13.7. The van der Waals surface area contributed by atoms with Gasteiger partial charge in [0, 0.05) is 17.6 Å². The highest BCUT2D eigenvalue weighted by Crippen LogP contribution is 2.20. The van der Waals surface area contributed by atoms with Gasteiger partial charge in [-0.25, -0.2) is 0 Å². The highest BCUT2D eigenvalue weighted by atomic mass is 32.2. The zero-order valence-electron chi connectivity index (χ0n) is 11.2. The summed E-state index contributed by atoms with van der Waals surface area (Å²) in [5.74, 6) is 0.561. The predicted molar refractivity (Wildman–Crippen MR) is 81.8 cm³/mol. The van der Waals surface area contributed by atoms with Crippen LogP contribution in [0.3, 0.4) is 0 Å². The second-order valence-electron chi connectivity index (χ2n) is 4.39. The Kier molecular flexibility index (Phi) is 4.63. The standard InChI is InChI=1S/C16H17NOS/c1-13-8-10-15(11-9-13)19-12-16(18)17(2)14-6-4-3-5-7-14/h3-11H,12H2,1-2H3. The number of hydrogen-bond donors (Lipinski definition) is 0. The number of anilines is 1. The molecule has 0 saturated carbocycles. The summed E-state index contributed by atoms with van der Waals surface area (Å²) in [4.78, 5) is 14.9. The van der Waals surface area contributed by atoms with Gasteiger partial charge in [-0.15, -0.1) is 11.8 Å². The van der Waals surface area contributed by atoms with Crippen molar-refractivity contribution >= 4 is 23.4 Å². The fourth-order valence-corrected chi connectivity index (χ4v) is 2.48. The molecule has 1 amide bonds. The van der Waals surface area contributed by atoms with E-state index in [1.54, 1.807) is 16.7 Å². The molecule has 0 aliphatic carbocycles. The largest absolute Gasteiger partial charge is 0.315 e. The first-order chi connectivity index (χ1) is 9.16. The summed E-state index contributed by atoms with van der Waals surface area (Å²) in [6.45, 7) is 2.06. The van der Waals surface area contributed by atoms with Gasteiger partial charge in [0.25, 0.3) is 0 Å². The minimum atomic E-state index is 0.108. The summed E-state index contributed by atoms with van der Waals surface area (Å²) >= 11 is 1.57. The number of benzene rings is 2. The molecule has 0 spiro atoms. The molecule has 98 valence electrons. The third-order valence-electron chi connectivity index (χ3n) is 2.90. The van der Waals surface area contributed by atoms with Gasteiger partial charge in [0.15, 0.2) is 0 Å². The molecule has 0 fully saturated rings. The van der Waals surface area contributed by atoms with Crippen molar-refractivity contribution in [1.82, 2.24) is 0 Å². The number of carbonyl (C=O) groups is 1. The predicted octanol–water partition coefficient (Wildman–Crippen LogP) is 3.75. The lowest BCUT2D eigenvalue weighted by molar-refractivity contribution is -0.115. The molecule has 3 heteroatoms. The Labute approximate surface area is 118 Å². The van der Waals surface area contributed by atoms with Gasteiger partial charge in [-0.1, -0.05) is 35.9 Å². The van der Waals surface area contributed by atoms with Crippen LogP contribution in [0.15, 0.2) is 59.5 Å². The highest BCUT2D eigenvalue weighted by Gasteiger charge is 2.10. The van der Waals surface area contributed by atoms with Gasteiger partial charge in [-0.05, 0) is 31.2 Å². The second-order valence-corrected chi connectivity index (χ2v) is 5.44. The van der Waals surface area contributed by atoms with Crippen molar-refractivity contribution in [3.05, 3.63) is 60.2 Å². The van der Waals surface area contributed by atoms with E-state index in [1.165, 1.54) is 5.56 Å². The van der Waals surface area contributed by atoms with Crippen LogP contribution in [0.1, 0.15) is 5.56 Å². The van der Waals surface area contributed by atoms with Gasteiger partial charge in [0.2, 0.25) is 5.91 Å². The third-order valence-corrected chi connectivity index (χ3v) is 3.90. The maximum Gasteiger partial charge on any atom is 0.237 e. The van der Waals surface area contributed by atoms with Crippen LogP contribution in [0, 0.1) is 6.92 Å². The number of para-hydroxylation sites is 1. The fourth-order valence-electron chi connectivity index (χ4n) is 1.67. The van der Waals surface area contributed by atoms with Crippen LogP contribution in [0.4, 0.5) is 5.69 Å². The normalized spacial score (nSPS) is 10.2. The molecule has 2 rings (SSSR count). The number of thioether (sulfide) groups is 1. The van der Waals surface area contributed by atoms with Gasteiger partial charge >= 0.3 is 0 Å². The molecule has 19 heavy (non-hydrogen) atoms. The summed E-state index contributed by atoms with van der Waals surface area (Å²) in [6.07, 6.45) is 0. The van der Waals surface area contributed by atoms with E-state index in [9.17, 15) is 4.79 Å². The van der Waals surface area contributed by atoms with E-state index in [0.29, 0.717) is 5.75 Å². The number of nitrogens with zero attached hydrogens (tertiary/aromatic N) is 1. The van der Waals surface area contributed by atoms with Crippen LogP contribution in [-0.4, -0.2) is 18.7 Å². The molecule has 0 N–H and O–H groups in total. The lowest BCUT2D eigenvalue weighted by atomic mass is 10.2. The van der Waals surface area contributed by atoms with E-state index in [2.05, 4.69) is 31.2 Å². The lowest BCUT2D eigenvalue weighted by Crippen LogP contribution is -2.27. The van der Waals surface area contributed by atoms with Crippen LogP contribution < -0.4 is 4.90 Å². The number of amides is 1. The summed E-state index contributed by atoms with van der Waals surface area (Å²) in [5.41, 5.74) is 2.16. The van der Waals surface area contributed by atoms with Gasteiger partial charge < -0.3 is 4.90 Å². The van der Waals surface area contributed by atoms with Crippen LogP contribution in [0.2, 0.25) is 0 Å². The Morgan fingerprint density at radius 2 is 1.68 bits per heavy atom. The second kappa shape index (κ2) is 6.43. The molecule has 0 aromatic heterocycles. The molecule has 0 heterocycles. The molecule has 0 bridgehead atoms. The van der Waals surface area contributed by atoms with E-state index >= 15 is 0 Å². The fraction of sp³-hybridized carbons (Fsp3) is 0.188. The molecule has 2 aromatic carbocycles. The van der Waals surface area contributed by atoms with Crippen molar-refractivity contribution < 1.29 is 4.79 Å². The Morgan fingerprint density at radius 1 is 1.05 bits per heavy atom. The van der Waals surface area contributed by atoms with Gasteiger partial charge in [0.05, 0.1) is 5.75 Å². The van der Waals surface area contributed by atoms with Crippen molar-refractivity contribution in [2.24, 2.45) is 0 Å². The summed E-state index contributed by atoms with van der Waals surface area (Å²) in [6, 6.07) is 17.9. The highest BCUT2D eigenvalue weighted by molar-refractivity contribution is 8.00. The SMILES string of the molecule is Cc1ccc(SCC(=O)N(C)c2ccccc2)cc1. The molecular weight excluding hydrogens is 254 g/mol. The van der Waals surface area contributed by atoms with E-state index in [0.717, 1.165) is 10.6 Å². The summed E-state index contributed by atoms with van der Waals surface area (Å²) in [5, 5.41) is 0. The maximum absolute atomic E-state index is 12.1. The minimum absolute atomic E-state index is 0.108. The smallest absolute Gasteiger partial charge is 0.237 e. The first-order valence-electron chi connectivity index (χ1n) is 6.18. The van der Waals surface area contributed by atoms with E-state index < -0.39 is 0 Å². The zero-order valence-corrected chi connectivity index (χ0v) is 12.0.